The van der Waals surface area contributed by atoms with Gasteiger partial charge in [0, 0.05) is 12.6 Å². The topological polar surface area (TPSA) is 49.3 Å². The molecule has 0 aromatic rings. The Morgan fingerprint density at radius 2 is 2.12 bits per heavy atom. The Bertz CT molecular complexity index is 297. The first-order chi connectivity index (χ1) is 7.91. The molecule has 3 atom stereocenters. The van der Waals surface area contributed by atoms with Crippen LogP contribution >= 0.6 is 0 Å². The second-order valence-corrected chi connectivity index (χ2v) is 5.66. The molecule has 1 saturated carbocycles. The number of allylic oxidation sites excluding steroid dienone is 1. The second kappa shape index (κ2) is 5.67. The minimum Gasteiger partial charge on any atom is -0.481 e. The number of carboxylic acid groups (broad SMARTS) is 1. The Morgan fingerprint density at radius 1 is 1.47 bits per heavy atom. The van der Waals surface area contributed by atoms with E-state index in [4.69, 9.17) is 0 Å². The SMILES string of the molecule is C/C=C/CNC1CCC(C(=O)O)C(C)(C)C1C. The fraction of sp³-hybridized carbons (Fsp3) is 0.786. The molecule has 0 radical (unpaired) electrons. The van der Waals surface area contributed by atoms with Crippen LogP contribution in [0.3, 0.4) is 0 Å². The number of rotatable bonds is 4. The van der Waals surface area contributed by atoms with Crippen LogP contribution in [0.5, 0.6) is 0 Å². The number of hydrogen-bond acceptors (Lipinski definition) is 2. The molecule has 1 aliphatic rings. The summed E-state index contributed by atoms with van der Waals surface area (Å²) in [5, 5.41) is 12.8. The maximum atomic E-state index is 11.3. The van der Waals surface area contributed by atoms with E-state index in [1.54, 1.807) is 0 Å². The van der Waals surface area contributed by atoms with E-state index >= 15 is 0 Å². The van der Waals surface area contributed by atoms with Gasteiger partial charge in [-0.25, -0.2) is 0 Å². The Kier molecular flexibility index (Phi) is 4.75. The van der Waals surface area contributed by atoms with Gasteiger partial charge in [-0.15, -0.1) is 0 Å². The molecule has 1 fully saturated rings. The minimum absolute atomic E-state index is 0.141. The third-order valence-corrected chi connectivity index (χ3v) is 4.47. The fourth-order valence-electron chi connectivity index (χ4n) is 2.86. The molecule has 2 N–H and O–H groups in total. The van der Waals surface area contributed by atoms with Crippen molar-refractivity contribution < 1.29 is 9.90 Å². The lowest BCUT2D eigenvalue weighted by Gasteiger charge is -2.46. The summed E-state index contributed by atoms with van der Waals surface area (Å²) in [6.45, 7) is 9.22. The van der Waals surface area contributed by atoms with Crippen LogP contribution in [0, 0.1) is 17.3 Å². The Hall–Kier alpha value is -0.830. The maximum Gasteiger partial charge on any atom is 0.307 e. The second-order valence-electron chi connectivity index (χ2n) is 5.66. The van der Waals surface area contributed by atoms with E-state index in [-0.39, 0.29) is 11.3 Å². The van der Waals surface area contributed by atoms with Crippen molar-refractivity contribution in [2.24, 2.45) is 17.3 Å². The summed E-state index contributed by atoms with van der Waals surface area (Å²) in [6.07, 6.45) is 5.87. The van der Waals surface area contributed by atoms with Gasteiger partial charge in [-0.2, -0.15) is 0 Å². The van der Waals surface area contributed by atoms with Crippen molar-refractivity contribution in [1.29, 1.82) is 0 Å². The summed E-state index contributed by atoms with van der Waals surface area (Å²) in [5.41, 5.74) is -0.141. The molecule has 3 unspecified atom stereocenters. The van der Waals surface area contributed by atoms with Gasteiger partial charge >= 0.3 is 5.97 Å². The van der Waals surface area contributed by atoms with E-state index in [0.717, 1.165) is 19.4 Å². The van der Waals surface area contributed by atoms with Crippen LogP contribution in [-0.4, -0.2) is 23.7 Å². The van der Waals surface area contributed by atoms with Crippen molar-refractivity contribution in [2.75, 3.05) is 6.54 Å². The van der Waals surface area contributed by atoms with E-state index < -0.39 is 5.97 Å². The van der Waals surface area contributed by atoms with Gasteiger partial charge in [0.05, 0.1) is 5.92 Å². The summed E-state index contributed by atoms with van der Waals surface area (Å²) < 4.78 is 0. The van der Waals surface area contributed by atoms with Gasteiger partial charge in [0.2, 0.25) is 0 Å². The molecule has 0 spiro atoms. The monoisotopic (exact) mass is 239 g/mol. The van der Waals surface area contributed by atoms with Crippen LogP contribution in [0.2, 0.25) is 0 Å². The quantitative estimate of drug-likeness (QED) is 0.742. The van der Waals surface area contributed by atoms with Crippen molar-refractivity contribution in [3.63, 3.8) is 0 Å². The average Bonchev–Trinajstić information content (AvgIpc) is 2.24. The molecule has 0 aromatic heterocycles. The lowest BCUT2D eigenvalue weighted by atomic mass is 9.61. The number of nitrogens with one attached hydrogen (secondary N) is 1. The zero-order valence-corrected chi connectivity index (χ0v) is 11.4. The van der Waals surface area contributed by atoms with E-state index in [1.165, 1.54) is 0 Å². The van der Waals surface area contributed by atoms with Crippen LogP contribution in [0.25, 0.3) is 0 Å². The standard InChI is InChI=1S/C14H25NO2/c1-5-6-9-15-12-8-7-11(13(16)17)14(3,4)10(12)2/h5-6,10-12,15H,7-9H2,1-4H3,(H,16,17)/b6-5+. The highest BCUT2D eigenvalue weighted by Gasteiger charge is 2.45. The number of carboxylic acids is 1. The van der Waals surface area contributed by atoms with E-state index in [0.29, 0.717) is 12.0 Å². The molecule has 1 aliphatic carbocycles. The van der Waals surface area contributed by atoms with Gasteiger partial charge in [0.15, 0.2) is 0 Å². The molecular formula is C14H25NO2. The number of hydrogen-bond donors (Lipinski definition) is 2. The molecule has 17 heavy (non-hydrogen) atoms. The average molecular weight is 239 g/mol. The molecule has 0 bridgehead atoms. The molecule has 0 heterocycles. The molecule has 3 nitrogen and oxygen atoms in total. The lowest BCUT2D eigenvalue weighted by Crippen LogP contribution is -2.51. The number of carbonyl (C=O) groups is 1. The molecule has 98 valence electrons. The molecule has 0 aromatic carbocycles. The van der Waals surface area contributed by atoms with Crippen LogP contribution in [0.1, 0.15) is 40.5 Å². The largest absolute Gasteiger partial charge is 0.481 e. The van der Waals surface area contributed by atoms with Crippen molar-refractivity contribution in [3.8, 4) is 0 Å². The van der Waals surface area contributed by atoms with Gasteiger partial charge in [-0.3, -0.25) is 4.79 Å². The van der Waals surface area contributed by atoms with Crippen molar-refractivity contribution in [2.45, 2.75) is 46.6 Å². The van der Waals surface area contributed by atoms with Gasteiger partial charge in [-0.1, -0.05) is 32.9 Å². The first-order valence-corrected chi connectivity index (χ1v) is 6.48. The van der Waals surface area contributed by atoms with Crippen LogP contribution in [-0.2, 0) is 4.79 Å². The Balaban J connectivity index is 2.67. The minimum atomic E-state index is -0.645. The van der Waals surface area contributed by atoms with Crippen molar-refractivity contribution in [3.05, 3.63) is 12.2 Å². The van der Waals surface area contributed by atoms with Crippen LogP contribution in [0.15, 0.2) is 12.2 Å². The van der Waals surface area contributed by atoms with E-state index in [2.05, 4.69) is 32.2 Å². The van der Waals surface area contributed by atoms with Crippen molar-refractivity contribution >= 4 is 5.97 Å². The maximum absolute atomic E-state index is 11.3. The summed E-state index contributed by atoms with van der Waals surface area (Å²) >= 11 is 0. The van der Waals surface area contributed by atoms with Gasteiger partial charge in [0.25, 0.3) is 0 Å². The summed E-state index contributed by atoms with van der Waals surface area (Å²) in [5.74, 6) is -0.478. The molecule has 3 heteroatoms. The smallest absolute Gasteiger partial charge is 0.307 e. The van der Waals surface area contributed by atoms with Crippen LogP contribution < -0.4 is 5.32 Å². The first kappa shape index (κ1) is 14.2. The third kappa shape index (κ3) is 3.09. The van der Waals surface area contributed by atoms with Crippen LogP contribution in [0.4, 0.5) is 0 Å². The Labute approximate surface area is 104 Å². The van der Waals surface area contributed by atoms with Crippen molar-refractivity contribution in [1.82, 2.24) is 5.32 Å². The summed E-state index contributed by atoms with van der Waals surface area (Å²) in [6, 6.07) is 0.428. The zero-order chi connectivity index (χ0) is 13.1. The van der Waals surface area contributed by atoms with E-state index in [1.807, 2.05) is 13.0 Å². The van der Waals surface area contributed by atoms with Gasteiger partial charge < -0.3 is 10.4 Å². The molecule has 0 saturated heterocycles. The predicted molar refractivity (Wildman–Crippen MR) is 69.9 cm³/mol. The first-order valence-electron chi connectivity index (χ1n) is 6.48. The molecule has 0 amide bonds. The molecule has 1 rings (SSSR count). The highest BCUT2D eigenvalue weighted by Crippen LogP contribution is 2.44. The summed E-state index contributed by atoms with van der Waals surface area (Å²) in [7, 11) is 0. The fourth-order valence-corrected chi connectivity index (χ4v) is 2.86. The predicted octanol–water partition coefficient (Wildman–Crippen LogP) is 2.68. The van der Waals surface area contributed by atoms with Gasteiger partial charge in [0.1, 0.15) is 0 Å². The third-order valence-electron chi connectivity index (χ3n) is 4.47. The normalized spacial score (nSPS) is 32.8. The van der Waals surface area contributed by atoms with Gasteiger partial charge in [-0.05, 0) is 31.1 Å². The number of aliphatic carboxylic acids is 1. The summed E-state index contributed by atoms with van der Waals surface area (Å²) in [4.78, 5) is 11.3. The lowest BCUT2D eigenvalue weighted by molar-refractivity contribution is -0.150. The highest BCUT2D eigenvalue weighted by molar-refractivity contribution is 5.71. The zero-order valence-electron chi connectivity index (χ0n) is 11.4. The highest BCUT2D eigenvalue weighted by atomic mass is 16.4. The Morgan fingerprint density at radius 3 is 2.65 bits per heavy atom. The molecular weight excluding hydrogens is 214 g/mol. The van der Waals surface area contributed by atoms with E-state index in [9.17, 15) is 9.90 Å². The molecule has 0 aliphatic heterocycles.